The lowest BCUT2D eigenvalue weighted by Crippen LogP contribution is -2.47. The number of anilines is 1. The molecule has 0 aromatic heterocycles. The normalized spacial score (nSPS) is 24.8. The molecule has 2 heterocycles. The van der Waals surface area contributed by atoms with Crippen LogP contribution < -0.4 is 10.1 Å². The van der Waals surface area contributed by atoms with Gasteiger partial charge in [-0.3, -0.25) is 0 Å². The molecule has 0 bridgehead atoms. The molecule has 1 aromatic carbocycles. The maximum absolute atomic E-state index is 6.09. The summed E-state index contributed by atoms with van der Waals surface area (Å²) in [7, 11) is 1.69. The van der Waals surface area contributed by atoms with Crippen LogP contribution in [0.2, 0.25) is 0 Å². The number of halogens is 1. The van der Waals surface area contributed by atoms with Crippen molar-refractivity contribution >= 4 is 21.6 Å². The zero-order valence-corrected chi connectivity index (χ0v) is 13.9. The van der Waals surface area contributed by atoms with Gasteiger partial charge >= 0.3 is 0 Å². The molecule has 4 nitrogen and oxygen atoms in total. The van der Waals surface area contributed by atoms with Gasteiger partial charge in [0.05, 0.1) is 17.2 Å². The first kappa shape index (κ1) is 15.1. The number of ether oxygens (including phenoxy) is 3. The molecule has 0 radical (unpaired) electrons. The van der Waals surface area contributed by atoms with Crippen molar-refractivity contribution in [1.29, 1.82) is 0 Å². The van der Waals surface area contributed by atoms with Crippen LogP contribution in [0.25, 0.3) is 0 Å². The fourth-order valence-corrected chi connectivity index (χ4v) is 3.64. The lowest BCUT2D eigenvalue weighted by Gasteiger charge is -2.43. The van der Waals surface area contributed by atoms with Crippen LogP contribution in [-0.2, 0) is 9.47 Å². The molecule has 116 valence electrons. The highest BCUT2D eigenvalue weighted by Gasteiger charge is 2.38. The summed E-state index contributed by atoms with van der Waals surface area (Å²) in [6, 6.07) is 6.59. The van der Waals surface area contributed by atoms with Gasteiger partial charge in [-0.2, -0.15) is 0 Å². The topological polar surface area (TPSA) is 39.7 Å². The summed E-state index contributed by atoms with van der Waals surface area (Å²) in [4.78, 5) is 0. The van der Waals surface area contributed by atoms with Crippen LogP contribution in [0.4, 0.5) is 5.69 Å². The lowest BCUT2D eigenvalue weighted by molar-refractivity contribution is -0.135. The van der Waals surface area contributed by atoms with Crippen LogP contribution in [0, 0.1) is 0 Å². The van der Waals surface area contributed by atoms with E-state index >= 15 is 0 Å². The Balaban J connectivity index is 1.67. The van der Waals surface area contributed by atoms with Crippen molar-refractivity contribution in [2.45, 2.75) is 37.3 Å². The van der Waals surface area contributed by atoms with E-state index in [-0.39, 0.29) is 5.60 Å². The number of rotatable bonds is 3. The molecule has 21 heavy (non-hydrogen) atoms. The van der Waals surface area contributed by atoms with Crippen molar-refractivity contribution in [3.05, 3.63) is 22.7 Å². The largest absolute Gasteiger partial charge is 0.495 e. The van der Waals surface area contributed by atoms with Gasteiger partial charge in [0.1, 0.15) is 5.75 Å². The summed E-state index contributed by atoms with van der Waals surface area (Å²) in [6.07, 6.45) is 4.11. The van der Waals surface area contributed by atoms with Crippen molar-refractivity contribution < 1.29 is 14.2 Å². The maximum atomic E-state index is 6.09. The standard InChI is InChI=1S/C16H22BrNO3/c1-19-15-10-12(2-3-14(15)17)18-13-4-7-21-16(11-13)5-8-20-9-6-16/h2-3,10,13,18H,4-9,11H2,1H3. The van der Waals surface area contributed by atoms with Crippen molar-refractivity contribution in [1.82, 2.24) is 0 Å². The molecule has 1 N–H and O–H groups in total. The van der Waals surface area contributed by atoms with Crippen molar-refractivity contribution in [2.24, 2.45) is 0 Å². The van der Waals surface area contributed by atoms with Gasteiger partial charge in [-0.05, 0) is 53.7 Å². The second-order valence-electron chi connectivity index (χ2n) is 5.83. The van der Waals surface area contributed by atoms with E-state index in [0.717, 1.165) is 61.4 Å². The van der Waals surface area contributed by atoms with E-state index in [1.165, 1.54) is 0 Å². The van der Waals surface area contributed by atoms with E-state index in [0.29, 0.717) is 6.04 Å². The highest BCUT2D eigenvalue weighted by Crippen LogP contribution is 2.36. The molecule has 2 fully saturated rings. The van der Waals surface area contributed by atoms with Gasteiger partial charge in [0.25, 0.3) is 0 Å². The van der Waals surface area contributed by atoms with Crippen molar-refractivity contribution in [3.8, 4) is 5.75 Å². The van der Waals surface area contributed by atoms with Crippen LogP contribution in [0.1, 0.15) is 25.7 Å². The molecule has 2 saturated heterocycles. The predicted octanol–water partition coefficient (Wildman–Crippen LogP) is 3.60. The number of hydrogen-bond donors (Lipinski definition) is 1. The average Bonchev–Trinajstić information content (AvgIpc) is 2.50. The molecule has 1 aromatic rings. The van der Waals surface area contributed by atoms with E-state index in [4.69, 9.17) is 14.2 Å². The minimum absolute atomic E-state index is 0.0214. The second kappa shape index (κ2) is 6.55. The Morgan fingerprint density at radius 3 is 2.86 bits per heavy atom. The molecule has 0 amide bonds. The summed E-state index contributed by atoms with van der Waals surface area (Å²) in [6.45, 7) is 2.46. The van der Waals surface area contributed by atoms with Crippen LogP contribution in [-0.4, -0.2) is 38.6 Å². The third-order valence-corrected chi connectivity index (χ3v) is 5.07. The highest BCUT2D eigenvalue weighted by atomic mass is 79.9. The summed E-state index contributed by atoms with van der Waals surface area (Å²) in [5.41, 5.74) is 1.12. The van der Waals surface area contributed by atoms with E-state index in [2.05, 4.69) is 27.3 Å². The van der Waals surface area contributed by atoms with Gasteiger partial charge in [-0.15, -0.1) is 0 Å². The molecular formula is C16H22BrNO3. The summed E-state index contributed by atoms with van der Waals surface area (Å²) in [5.74, 6) is 0.854. The molecular weight excluding hydrogens is 334 g/mol. The Labute approximate surface area is 134 Å². The number of hydrogen-bond acceptors (Lipinski definition) is 4. The summed E-state index contributed by atoms with van der Waals surface area (Å²) in [5, 5.41) is 3.63. The second-order valence-corrected chi connectivity index (χ2v) is 6.68. The van der Waals surface area contributed by atoms with Gasteiger partial charge in [-0.1, -0.05) is 0 Å². The Bertz CT molecular complexity index is 483. The lowest BCUT2D eigenvalue weighted by atomic mass is 9.84. The number of nitrogens with one attached hydrogen (secondary N) is 1. The highest BCUT2D eigenvalue weighted by molar-refractivity contribution is 9.10. The Kier molecular flexibility index (Phi) is 4.72. The van der Waals surface area contributed by atoms with Gasteiger partial charge < -0.3 is 19.5 Å². The summed E-state index contributed by atoms with van der Waals surface area (Å²) >= 11 is 3.49. The minimum Gasteiger partial charge on any atom is -0.495 e. The third-order valence-electron chi connectivity index (χ3n) is 4.42. The average molecular weight is 356 g/mol. The third kappa shape index (κ3) is 3.52. The quantitative estimate of drug-likeness (QED) is 0.899. The van der Waals surface area contributed by atoms with Crippen molar-refractivity contribution in [2.75, 3.05) is 32.2 Å². The van der Waals surface area contributed by atoms with Gasteiger partial charge in [0.2, 0.25) is 0 Å². The predicted molar refractivity (Wildman–Crippen MR) is 86.1 cm³/mol. The van der Waals surface area contributed by atoms with Gasteiger partial charge in [0, 0.05) is 37.6 Å². The van der Waals surface area contributed by atoms with Gasteiger partial charge in [-0.25, -0.2) is 0 Å². The van der Waals surface area contributed by atoms with E-state index in [1.807, 2.05) is 12.1 Å². The van der Waals surface area contributed by atoms with E-state index < -0.39 is 0 Å². The van der Waals surface area contributed by atoms with Crippen LogP contribution >= 0.6 is 15.9 Å². The van der Waals surface area contributed by atoms with E-state index in [1.54, 1.807) is 7.11 Å². The molecule has 0 saturated carbocycles. The minimum atomic E-state index is 0.0214. The molecule has 1 spiro atoms. The first-order valence-electron chi connectivity index (χ1n) is 7.53. The molecule has 3 rings (SSSR count). The Morgan fingerprint density at radius 2 is 2.10 bits per heavy atom. The van der Waals surface area contributed by atoms with Crippen LogP contribution in [0.5, 0.6) is 5.75 Å². The number of methoxy groups -OCH3 is 1. The molecule has 0 aliphatic carbocycles. The van der Waals surface area contributed by atoms with Gasteiger partial charge in [0.15, 0.2) is 0 Å². The fourth-order valence-electron chi connectivity index (χ4n) is 3.23. The monoisotopic (exact) mass is 355 g/mol. The smallest absolute Gasteiger partial charge is 0.135 e. The first-order valence-corrected chi connectivity index (χ1v) is 8.32. The maximum Gasteiger partial charge on any atom is 0.135 e. The SMILES string of the molecule is COc1cc(NC2CCOC3(CCOCC3)C2)ccc1Br. The molecule has 1 unspecified atom stereocenters. The Hall–Kier alpha value is -0.780. The first-order chi connectivity index (χ1) is 10.2. The summed E-state index contributed by atoms with van der Waals surface area (Å²) < 4.78 is 17.9. The van der Waals surface area contributed by atoms with Crippen molar-refractivity contribution in [3.63, 3.8) is 0 Å². The molecule has 2 aliphatic heterocycles. The molecule has 5 heteroatoms. The fraction of sp³-hybridized carbons (Fsp3) is 0.625. The molecule has 2 aliphatic rings. The Morgan fingerprint density at radius 1 is 1.29 bits per heavy atom. The zero-order chi connectivity index (χ0) is 14.7. The molecule has 1 atom stereocenters. The van der Waals surface area contributed by atoms with E-state index in [9.17, 15) is 0 Å². The number of benzene rings is 1. The van der Waals surface area contributed by atoms with Crippen LogP contribution in [0.3, 0.4) is 0 Å². The van der Waals surface area contributed by atoms with Crippen LogP contribution in [0.15, 0.2) is 22.7 Å². The zero-order valence-electron chi connectivity index (χ0n) is 12.4.